The second kappa shape index (κ2) is 7.64. The molecule has 2 aliphatic rings. The van der Waals surface area contributed by atoms with E-state index in [1.807, 2.05) is 6.07 Å². The molecule has 2 atom stereocenters. The fourth-order valence-electron chi connectivity index (χ4n) is 3.82. The van der Waals surface area contributed by atoms with Crippen molar-refractivity contribution in [1.82, 2.24) is 10.2 Å². The van der Waals surface area contributed by atoms with Gasteiger partial charge in [0.15, 0.2) is 0 Å². The third kappa shape index (κ3) is 3.97. The number of ether oxygens (including phenoxy) is 1. The van der Waals surface area contributed by atoms with Gasteiger partial charge in [-0.3, -0.25) is 9.69 Å². The van der Waals surface area contributed by atoms with Crippen molar-refractivity contribution in [3.8, 4) is 0 Å². The van der Waals surface area contributed by atoms with Crippen molar-refractivity contribution in [3.05, 3.63) is 35.9 Å². The first-order valence-corrected chi connectivity index (χ1v) is 8.89. The van der Waals surface area contributed by atoms with Crippen LogP contribution in [0.3, 0.4) is 0 Å². The number of amides is 1. The van der Waals surface area contributed by atoms with Gasteiger partial charge in [0, 0.05) is 32.8 Å². The summed E-state index contributed by atoms with van der Waals surface area (Å²) >= 11 is 0. The van der Waals surface area contributed by atoms with Crippen LogP contribution in [0, 0.1) is 11.8 Å². The largest absolute Gasteiger partial charge is 0.394 e. The van der Waals surface area contributed by atoms with Crippen LogP contribution in [0.1, 0.15) is 25.3 Å². The van der Waals surface area contributed by atoms with E-state index in [1.54, 1.807) is 0 Å². The molecule has 132 valence electrons. The van der Waals surface area contributed by atoms with Crippen LogP contribution < -0.4 is 5.32 Å². The maximum Gasteiger partial charge on any atom is 0.225 e. The lowest BCUT2D eigenvalue weighted by Crippen LogP contribution is -2.56. The maximum atomic E-state index is 12.8. The van der Waals surface area contributed by atoms with E-state index < -0.39 is 5.54 Å². The van der Waals surface area contributed by atoms with Gasteiger partial charge in [-0.15, -0.1) is 0 Å². The van der Waals surface area contributed by atoms with E-state index in [0.29, 0.717) is 32.0 Å². The molecule has 0 unspecified atom stereocenters. The van der Waals surface area contributed by atoms with Crippen molar-refractivity contribution >= 4 is 5.91 Å². The highest BCUT2D eigenvalue weighted by Crippen LogP contribution is 2.27. The van der Waals surface area contributed by atoms with Crippen LogP contribution in [-0.4, -0.2) is 54.4 Å². The summed E-state index contributed by atoms with van der Waals surface area (Å²) in [6.45, 7) is 5.92. The average molecular weight is 332 g/mol. The quantitative estimate of drug-likeness (QED) is 0.856. The molecule has 0 aliphatic carbocycles. The topological polar surface area (TPSA) is 61.8 Å². The summed E-state index contributed by atoms with van der Waals surface area (Å²) in [5, 5.41) is 12.9. The molecule has 0 aromatic heterocycles. The smallest absolute Gasteiger partial charge is 0.225 e. The number of nitrogens with zero attached hydrogens (tertiary/aromatic N) is 1. The summed E-state index contributed by atoms with van der Waals surface area (Å²) in [6.07, 6.45) is 1.37. The Bertz CT molecular complexity index is 543. The number of carbonyl (C=O) groups excluding carboxylic acids is 1. The van der Waals surface area contributed by atoms with Crippen LogP contribution in [0.5, 0.6) is 0 Å². The number of aliphatic hydroxyl groups is 1. The second-order valence-corrected chi connectivity index (χ2v) is 7.30. The molecule has 3 rings (SSSR count). The molecule has 1 amide bonds. The van der Waals surface area contributed by atoms with Gasteiger partial charge in [0.05, 0.1) is 18.1 Å². The summed E-state index contributed by atoms with van der Waals surface area (Å²) in [5.74, 6) is 0.387. The monoisotopic (exact) mass is 332 g/mol. The molecule has 0 saturated carbocycles. The Morgan fingerprint density at radius 3 is 2.67 bits per heavy atom. The van der Waals surface area contributed by atoms with Crippen LogP contribution in [0.25, 0.3) is 0 Å². The first-order chi connectivity index (χ1) is 11.6. The first-order valence-electron chi connectivity index (χ1n) is 8.89. The predicted molar refractivity (Wildman–Crippen MR) is 92.4 cm³/mol. The van der Waals surface area contributed by atoms with Crippen molar-refractivity contribution in [2.24, 2.45) is 11.8 Å². The SMILES string of the molecule is C[C@@H]1CN(Cc2ccccc2)C[C@H]1C(=O)NC1(CO)CCOCC1. The van der Waals surface area contributed by atoms with Crippen LogP contribution in [0.2, 0.25) is 0 Å². The summed E-state index contributed by atoms with van der Waals surface area (Å²) < 4.78 is 5.37. The number of hydrogen-bond donors (Lipinski definition) is 2. The Hall–Kier alpha value is -1.43. The zero-order valence-electron chi connectivity index (χ0n) is 14.4. The highest BCUT2D eigenvalue weighted by Gasteiger charge is 2.39. The number of benzene rings is 1. The van der Waals surface area contributed by atoms with Gasteiger partial charge in [-0.2, -0.15) is 0 Å². The standard InChI is InChI=1S/C19H28N2O3/c1-15-11-21(12-16-5-3-2-4-6-16)13-17(15)18(23)20-19(14-22)7-9-24-10-8-19/h2-6,15,17,22H,7-14H2,1H3,(H,20,23)/t15-,17-/m1/s1. The van der Waals surface area contributed by atoms with E-state index >= 15 is 0 Å². The van der Waals surface area contributed by atoms with Crippen LogP contribution in [-0.2, 0) is 16.1 Å². The molecule has 2 heterocycles. The number of likely N-dealkylation sites (tertiary alicyclic amines) is 1. The maximum absolute atomic E-state index is 12.8. The van der Waals surface area contributed by atoms with Crippen molar-refractivity contribution < 1.29 is 14.6 Å². The number of aliphatic hydroxyl groups excluding tert-OH is 1. The fraction of sp³-hybridized carbons (Fsp3) is 0.632. The zero-order chi connectivity index (χ0) is 17.0. The zero-order valence-corrected chi connectivity index (χ0v) is 14.4. The minimum absolute atomic E-state index is 0.0139. The molecular formula is C19H28N2O3. The molecule has 1 aromatic rings. The van der Waals surface area contributed by atoms with E-state index in [2.05, 4.69) is 41.4 Å². The highest BCUT2D eigenvalue weighted by atomic mass is 16.5. The molecule has 0 radical (unpaired) electrons. The number of nitrogens with one attached hydrogen (secondary N) is 1. The van der Waals surface area contributed by atoms with Gasteiger partial charge in [0.25, 0.3) is 0 Å². The lowest BCUT2D eigenvalue weighted by molar-refractivity contribution is -0.129. The molecule has 1 aromatic carbocycles. The third-order valence-corrected chi connectivity index (χ3v) is 5.41. The van der Waals surface area contributed by atoms with Crippen LogP contribution in [0.4, 0.5) is 0 Å². The van der Waals surface area contributed by atoms with Crippen LogP contribution in [0.15, 0.2) is 30.3 Å². The molecule has 5 nitrogen and oxygen atoms in total. The lowest BCUT2D eigenvalue weighted by atomic mass is 9.89. The Morgan fingerprint density at radius 1 is 1.29 bits per heavy atom. The van der Waals surface area contributed by atoms with Gasteiger partial charge in [-0.05, 0) is 24.3 Å². The molecular weight excluding hydrogens is 304 g/mol. The van der Waals surface area contributed by atoms with Crippen molar-refractivity contribution in [2.75, 3.05) is 32.9 Å². The van der Waals surface area contributed by atoms with E-state index in [9.17, 15) is 9.90 Å². The van der Waals surface area contributed by atoms with Crippen LogP contribution >= 0.6 is 0 Å². The van der Waals surface area contributed by atoms with E-state index in [-0.39, 0.29) is 18.4 Å². The van der Waals surface area contributed by atoms with Gasteiger partial charge < -0.3 is 15.2 Å². The molecule has 2 N–H and O–H groups in total. The predicted octanol–water partition coefficient (Wildman–Crippen LogP) is 1.41. The van der Waals surface area contributed by atoms with Crippen molar-refractivity contribution in [2.45, 2.75) is 31.8 Å². The number of rotatable bonds is 5. The minimum Gasteiger partial charge on any atom is -0.394 e. The molecule has 5 heteroatoms. The van der Waals surface area contributed by atoms with Gasteiger partial charge in [-0.1, -0.05) is 37.3 Å². The normalized spacial score (nSPS) is 27.1. The van der Waals surface area contributed by atoms with Gasteiger partial charge in [-0.25, -0.2) is 0 Å². The summed E-state index contributed by atoms with van der Waals surface area (Å²) in [7, 11) is 0. The van der Waals surface area contributed by atoms with E-state index in [1.165, 1.54) is 5.56 Å². The van der Waals surface area contributed by atoms with Gasteiger partial charge in [0.2, 0.25) is 5.91 Å². The van der Waals surface area contributed by atoms with E-state index in [0.717, 1.165) is 19.6 Å². The summed E-state index contributed by atoms with van der Waals surface area (Å²) in [6, 6.07) is 10.4. The third-order valence-electron chi connectivity index (χ3n) is 5.41. The summed E-state index contributed by atoms with van der Waals surface area (Å²) in [4.78, 5) is 15.1. The first kappa shape index (κ1) is 17.4. The second-order valence-electron chi connectivity index (χ2n) is 7.30. The van der Waals surface area contributed by atoms with Gasteiger partial charge >= 0.3 is 0 Å². The fourth-order valence-corrected chi connectivity index (χ4v) is 3.82. The molecule has 2 saturated heterocycles. The Labute approximate surface area is 144 Å². The molecule has 2 aliphatic heterocycles. The molecule has 2 fully saturated rings. The van der Waals surface area contributed by atoms with Crippen molar-refractivity contribution in [1.29, 1.82) is 0 Å². The Balaban J connectivity index is 1.59. The molecule has 24 heavy (non-hydrogen) atoms. The van der Waals surface area contributed by atoms with E-state index in [4.69, 9.17) is 4.74 Å². The molecule has 0 bridgehead atoms. The molecule has 0 spiro atoms. The Morgan fingerprint density at radius 2 is 2.00 bits per heavy atom. The van der Waals surface area contributed by atoms with Gasteiger partial charge in [0.1, 0.15) is 0 Å². The lowest BCUT2D eigenvalue weighted by Gasteiger charge is -2.37. The van der Waals surface area contributed by atoms with Crippen molar-refractivity contribution in [3.63, 3.8) is 0 Å². The number of hydrogen-bond acceptors (Lipinski definition) is 4. The highest BCUT2D eigenvalue weighted by molar-refractivity contribution is 5.80. The average Bonchev–Trinajstić information content (AvgIpc) is 2.97. The minimum atomic E-state index is -0.498. The number of carbonyl (C=O) groups is 1. The Kier molecular flexibility index (Phi) is 5.54. The summed E-state index contributed by atoms with van der Waals surface area (Å²) in [5.41, 5.74) is 0.782.